The summed E-state index contributed by atoms with van der Waals surface area (Å²) in [5, 5.41) is 3.28. The number of nitrogens with one attached hydrogen (secondary N) is 1. The maximum Gasteiger partial charge on any atom is 0.267 e. The summed E-state index contributed by atoms with van der Waals surface area (Å²) in [5.41, 5.74) is 2.39. The molecule has 8 nitrogen and oxygen atoms in total. The van der Waals surface area contributed by atoms with E-state index in [4.69, 9.17) is 26.7 Å². The highest BCUT2D eigenvalue weighted by Gasteiger charge is 2.36. The van der Waals surface area contributed by atoms with Crippen LogP contribution < -0.4 is 20.3 Å². The van der Waals surface area contributed by atoms with Gasteiger partial charge in [-0.3, -0.25) is 18.9 Å². The van der Waals surface area contributed by atoms with E-state index in [0.717, 1.165) is 11.1 Å². The molecule has 1 saturated heterocycles. The van der Waals surface area contributed by atoms with Crippen molar-refractivity contribution >= 4 is 51.7 Å². The van der Waals surface area contributed by atoms with E-state index < -0.39 is 0 Å². The van der Waals surface area contributed by atoms with E-state index >= 15 is 0 Å². The summed E-state index contributed by atoms with van der Waals surface area (Å²) >= 11 is 6.76. The lowest BCUT2D eigenvalue weighted by Gasteiger charge is -2.23. The van der Waals surface area contributed by atoms with Crippen molar-refractivity contribution in [1.82, 2.24) is 14.3 Å². The van der Waals surface area contributed by atoms with Gasteiger partial charge in [0.05, 0.1) is 16.5 Å². The second-order valence-electron chi connectivity index (χ2n) is 8.79. The van der Waals surface area contributed by atoms with Gasteiger partial charge in [-0.1, -0.05) is 66.4 Å². The fourth-order valence-electron chi connectivity index (χ4n) is 4.43. The molecule has 0 radical (unpaired) electrons. The zero-order valence-corrected chi connectivity index (χ0v) is 21.9. The second kappa shape index (κ2) is 9.96. The van der Waals surface area contributed by atoms with Crippen molar-refractivity contribution in [3.05, 3.63) is 105 Å². The van der Waals surface area contributed by atoms with Crippen LogP contribution in [0.3, 0.4) is 0 Å². The van der Waals surface area contributed by atoms with Gasteiger partial charge in [0.2, 0.25) is 6.79 Å². The number of aromatic nitrogens is 2. The van der Waals surface area contributed by atoms with Crippen LogP contribution in [-0.4, -0.2) is 31.3 Å². The number of fused-ring (bicyclic) bond motifs is 2. The third kappa shape index (κ3) is 4.42. The van der Waals surface area contributed by atoms with Crippen LogP contribution >= 0.6 is 24.0 Å². The standard InChI is InChI=1S/C28H22N4O4S2/c1-17(19-7-3-2-4-8-19)32-27(34)23(38-28(32)37)14-20-25(30-24-9-5-6-12-31(24)26(20)33)29-15-18-10-11-21-22(13-18)36-16-35-21/h2-14,17,29H,15-16H2,1H3/b23-14-. The van der Waals surface area contributed by atoms with Gasteiger partial charge in [0.25, 0.3) is 11.5 Å². The van der Waals surface area contributed by atoms with Crippen LogP contribution in [0.1, 0.15) is 29.7 Å². The van der Waals surface area contributed by atoms with Gasteiger partial charge < -0.3 is 14.8 Å². The predicted molar refractivity (Wildman–Crippen MR) is 151 cm³/mol. The number of ether oxygens (including phenoxy) is 2. The maximum atomic E-state index is 13.6. The van der Waals surface area contributed by atoms with Gasteiger partial charge in [-0.15, -0.1) is 0 Å². The third-order valence-electron chi connectivity index (χ3n) is 6.43. The number of thioether (sulfide) groups is 1. The Kier molecular flexibility index (Phi) is 6.34. The molecule has 190 valence electrons. The summed E-state index contributed by atoms with van der Waals surface area (Å²) < 4.78 is 12.8. The van der Waals surface area contributed by atoms with Crippen LogP contribution in [0.2, 0.25) is 0 Å². The number of benzene rings is 2. The normalized spacial score (nSPS) is 16.4. The van der Waals surface area contributed by atoms with E-state index in [-0.39, 0.29) is 29.9 Å². The van der Waals surface area contributed by atoms with Gasteiger partial charge in [0, 0.05) is 12.7 Å². The fourth-order valence-corrected chi connectivity index (χ4v) is 5.83. The van der Waals surface area contributed by atoms with Crippen LogP contribution in [0, 0.1) is 0 Å². The first kappa shape index (κ1) is 24.2. The van der Waals surface area contributed by atoms with Crippen molar-refractivity contribution in [3.8, 4) is 11.5 Å². The molecule has 2 aromatic heterocycles. The van der Waals surface area contributed by atoms with Gasteiger partial charge in [0.15, 0.2) is 11.5 Å². The molecule has 2 aliphatic heterocycles. The first-order valence-electron chi connectivity index (χ1n) is 12.0. The molecule has 6 rings (SSSR count). The van der Waals surface area contributed by atoms with Crippen molar-refractivity contribution in [2.75, 3.05) is 12.1 Å². The average molecular weight is 543 g/mol. The molecule has 0 spiro atoms. The van der Waals surface area contributed by atoms with Gasteiger partial charge in [-0.2, -0.15) is 0 Å². The summed E-state index contributed by atoms with van der Waals surface area (Å²) in [6.45, 7) is 2.52. The molecule has 1 fully saturated rings. The number of anilines is 1. The minimum atomic E-state index is -0.287. The minimum absolute atomic E-state index is 0.195. The number of rotatable bonds is 6. The Hall–Kier alpha value is -4.15. The molecular formula is C28H22N4O4S2. The third-order valence-corrected chi connectivity index (χ3v) is 7.76. The number of carbonyl (C=O) groups excluding carboxylic acids is 1. The Bertz CT molecular complexity index is 1670. The molecule has 0 saturated carbocycles. The highest BCUT2D eigenvalue weighted by Crippen LogP contribution is 2.38. The van der Waals surface area contributed by atoms with Crippen LogP contribution in [0.25, 0.3) is 11.7 Å². The van der Waals surface area contributed by atoms with E-state index in [1.54, 1.807) is 29.3 Å². The molecule has 10 heteroatoms. The number of carbonyl (C=O) groups is 1. The lowest BCUT2D eigenvalue weighted by Crippen LogP contribution is -2.31. The summed E-state index contributed by atoms with van der Waals surface area (Å²) in [6, 6.07) is 20.5. The van der Waals surface area contributed by atoms with E-state index in [1.807, 2.05) is 61.5 Å². The number of hydrogen-bond acceptors (Lipinski definition) is 8. The number of amides is 1. The fraction of sp³-hybridized carbons (Fsp3) is 0.143. The molecule has 1 unspecified atom stereocenters. The molecule has 0 aliphatic carbocycles. The zero-order chi connectivity index (χ0) is 26.2. The summed E-state index contributed by atoms with van der Waals surface area (Å²) in [6.07, 6.45) is 3.25. The van der Waals surface area contributed by atoms with Gasteiger partial charge in [-0.05, 0) is 48.4 Å². The van der Waals surface area contributed by atoms with Gasteiger partial charge in [-0.25, -0.2) is 4.98 Å². The van der Waals surface area contributed by atoms with Gasteiger partial charge >= 0.3 is 0 Å². The second-order valence-corrected chi connectivity index (χ2v) is 10.5. The van der Waals surface area contributed by atoms with Crippen molar-refractivity contribution in [1.29, 1.82) is 0 Å². The maximum absolute atomic E-state index is 13.6. The Balaban J connectivity index is 1.36. The van der Waals surface area contributed by atoms with Crippen molar-refractivity contribution in [2.45, 2.75) is 19.5 Å². The van der Waals surface area contributed by atoms with E-state index in [9.17, 15) is 9.59 Å². The van der Waals surface area contributed by atoms with Crippen molar-refractivity contribution in [3.63, 3.8) is 0 Å². The molecule has 2 aliphatic rings. The quantitative estimate of drug-likeness (QED) is 0.269. The van der Waals surface area contributed by atoms with Gasteiger partial charge in [0.1, 0.15) is 15.8 Å². The lowest BCUT2D eigenvalue weighted by atomic mass is 10.1. The summed E-state index contributed by atoms with van der Waals surface area (Å²) in [7, 11) is 0. The Morgan fingerprint density at radius 2 is 1.87 bits per heavy atom. The number of pyridine rings is 1. The number of nitrogens with zero attached hydrogens (tertiary/aromatic N) is 3. The lowest BCUT2D eigenvalue weighted by molar-refractivity contribution is -0.123. The molecule has 1 atom stereocenters. The predicted octanol–water partition coefficient (Wildman–Crippen LogP) is 5.00. The molecule has 1 amide bonds. The highest BCUT2D eigenvalue weighted by molar-refractivity contribution is 8.26. The molecule has 1 N–H and O–H groups in total. The van der Waals surface area contributed by atoms with E-state index in [1.165, 1.54) is 16.2 Å². The molecule has 4 aromatic rings. The Morgan fingerprint density at radius 1 is 1.08 bits per heavy atom. The van der Waals surface area contributed by atoms with E-state index in [0.29, 0.717) is 38.7 Å². The van der Waals surface area contributed by atoms with E-state index in [2.05, 4.69) is 5.32 Å². The number of hydrogen-bond donors (Lipinski definition) is 1. The minimum Gasteiger partial charge on any atom is -0.454 e. The molecular weight excluding hydrogens is 520 g/mol. The largest absolute Gasteiger partial charge is 0.454 e. The SMILES string of the molecule is CC(c1ccccc1)N1C(=O)/C(=C/c2c(NCc3ccc4c(c3)OCO4)nc3ccccn3c2=O)SC1=S. The molecule has 2 aromatic carbocycles. The zero-order valence-electron chi connectivity index (χ0n) is 20.3. The topological polar surface area (TPSA) is 85.2 Å². The van der Waals surface area contributed by atoms with Crippen LogP contribution in [0.15, 0.2) is 82.6 Å². The number of thiocarbonyl (C=S) groups is 1. The van der Waals surface area contributed by atoms with Crippen molar-refractivity contribution in [2.24, 2.45) is 0 Å². The van der Waals surface area contributed by atoms with Crippen LogP contribution in [-0.2, 0) is 11.3 Å². The first-order chi connectivity index (χ1) is 18.5. The van der Waals surface area contributed by atoms with Crippen LogP contribution in [0.5, 0.6) is 11.5 Å². The average Bonchev–Trinajstić information content (AvgIpc) is 3.52. The first-order valence-corrected chi connectivity index (χ1v) is 13.2. The Labute approximate surface area is 227 Å². The smallest absolute Gasteiger partial charge is 0.267 e. The summed E-state index contributed by atoms with van der Waals surface area (Å²) in [4.78, 5) is 33.7. The Morgan fingerprint density at radius 3 is 2.71 bits per heavy atom. The molecule has 38 heavy (non-hydrogen) atoms. The molecule has 0 bridgehead atoms. The van der Waals surface area contributed by atoms with Crippen LogP contribution in [0.4, 0.5) is 5.82 Å². The monoisotopic (exact) mass is 542 g/mol. The molecule has 4 heterocycles. The highest BCUT2D eigenvalue weighted by atomic mass is 32.2. The summed E-state index contributed by atoms with van der Waals surface area (Å²) in [5.74, 6) is 1.51. The van der Waals surface area contributed by atoms with Crippen molar-refractivity contribution < 1.29 is 14.3 Å².